The van der Waals surface area contributed by atoms with E-state index in [-0.39, 0.29) is 0 Å². The Kier molecular flexibility index (Phi) is 3.21. The molecule has 3 N–H and O–H groups in total. The second kappa shape index (κ2) is 5.18. The van der Waals surface area contributed by atoms with Gasteiger partial charge in [-0.15, -0.1) is 0 Å². The molecule has 21 heavy (non-hydrogen) atoms. The summed E-state index contributed by atoms with van der Waals surface area (Å²) in [6.45, 7) is 0. The van der Waals surface area contributed by atoms with E-state index >= 15 is 0 Å². The summed E-state index contributed by atoms with van der Waals surface area (Å²) in [6.07, 6.45) is 1.55. The molecule has 0 saturated carbocycles. The van der Waals surface area contributed by atoms with Crippen LogP contribution in [-0.4, -0.2) is 12.8 Å². The lowest BCUT2D eigenvalue weighted by molar-refractivity contribution is 1.36. The predicted molar refractivity (Wildman–Crippen MR) is 86.0 cm³/mol. The highest BCUT2D eigenvalue weighted by atomic mass is 14.9. The highest BCUT2D eigenvalue weighted by Crippen LogP contribution is 2.29. The molecule has 4 nitrogen and oxygen atoms in total. The average Bonchev–Trinajstić information content (AvgIpc) is 2.48. The van der Waals surface area contributed by atoms with Crippen LogP contribution in [0.25, 0.3) is 10.9 Å². The Morgan fingerprint density at radius 3 is 2.81 bits per heavy atom. The minimum atomic E-state index is 0.454. The summed E-state index contributed by atoms with van der Waals surface area (Å²) < 4.78 is 0. The van der Waals surface area contributed by atoms with E-state index in [2.05, 4.69) is 16.4 Å². The van der Waals surface area contributed by atoms with E-state index in [0.29, 0.717) is 22.4 Å². The maximum Gasteiger partial charge on any atom is 0.113 e. The number of nitriles is 1. The molecule has 0 aliphatic carbocycles. The fourth-order valence-electron chi connectivity index (χ4n) is 2.19. The van der Waals surface area contributed by atoms with E-state index in [1.165, 1.54) is 0 Å². The lowest BCUT2D eigenvalue weighted by Gasteiger charge is -2.12. The molecule has 2 radical (unpaired) electrons. The van der Waals surface area contributed by atoms with Crippen molar-refractivity contribution in [1.82, 2.24) is 4.98 Å². The quantitative estimate of drug-likeness (QED) is 0.553. The van der Waals surface area contributed by atoms with E-state index in [9.17, 15) is 5.26 Å². The first kappa shape index (κ1) is 13.0. The predicted octanol–water partition coefficient (Wildman–Crippen LogP) is 2.23. The van der Waals surface area contributed by atoms with Crippen LogP contribution in [0.2, 0.25) is 0 Å². The van der Waals surface area contributed by atoms with E-state index in [1.807, 2.05) is 18.2 Å². The van der Waals surface area contributed by atoms with Crippen LogP contribution < -0.4 is 16.5 Å². The van der Waals surface area contributed by atoms with Crippen molar-refractivity contribution in [3.8, 4) is 6.07 Å². The molecule has 0 aliphatic heterocycles. The van der Waals surface area contributed by atoms with Gasteiger partial charge in [0, 0.05) is 23.0 Å². The van der Waals surface area contributed by atoms with Gasteiger partial charge in [0.2, 0.25) is 0 Å². The Balaban J connectivity index is 2.19. The highest BCUT2D eigenvalue weighted by Gasteiger charge is 2.09. The summed E-state index contributed by atoms with van der Waals surface area (Å²) >= 11 is 0. The molecule has 1 aromatic heterocycles. The van der Waals surface area contributed by atoms with Crippen LogP contribution in [0.4, 0.5) is 17.1 Å². The van der Waals surface area contributed by atoms with E-state index in [0.717, 1.165) is 16.6 Å². The molecule has 0 aliphatic rings. The molecule has 0 bridgehead atoms. The Bertz CT molecular complexity index is 868. The van der Waals surface area contributed by atoms with Gasteiger partial charge < -0.3 is 11.1 Å². The Hall–Kier alpha value is -3.00. The maximum atomic E-state index is 9.29. The number of rotatable bonds is 2. The van der Waals surface area contributed by atoms with Crippen LogP contribution in [0.5, 0.6) is 0 Å². The largest absolute Gasteiger partial charge is 0.399 e. The molecular weight excluding hydrogens is 259 g/mol. The first-order chi connectivity index (χ1) is 10.2. The SMILES string of the molecule is [B]c1cccc(Nc2c(C#N)cnc3ccc(N)cc23)c1. The summed E-state index contributed by atoms with van der Waals surface area (Å²) in [5.74, 6) is 0. The summed E-state index contributed by atoms with van der Waals surface area (Å²) in [4.78, 5) is 4.27. The van der Waals surface area contributed by atoms with Crippen molar-refractivity contribution in [2.45, 2.75) is 0 Å². The Labute approximate surface area is 123 Å². The van der Waals surface area contributed by atoms with Crippen molar-refractivity contribution >= 4 is 41.3 Å². The number of aromatic nitrogens is 1. The van der Waals surface area contributed by atoms with Crippen LogP contribution >= 0.6 is 0 Å². The average molecular weight is 270 g/mol. The minimum absolute atomic E-state index is 0.454. The molecule has 2 aromatic carbocycles. The van der Waals surface area contributed by atoms with Crippen molar-refractivity contribution in [3.63, 3.8) is 0 Å². The van der Waals surface area contributed by atoms with Gasteiger partial charge in [-0.1, -0.05) is 17.6 Å². The fraction of sp³-hybridized carbons (Fsp3) is 0. The topological polar surface area (TPSA) is 74.7 Å². The third-order valence-corrected chi connectivity index (χ3v) is 3.17. The molecule has 1 heterocycles. The molecule has 3 rings (SSSR count). The van der Waals surface area contributed by atoms with Gasteiger partial charge in [-0.25, -0.2) is 0 Å². The van der Waals surface area contributed by atoms with E-state index < -0.39 is 0 Å². The van der Waals surface area contributed by atoms with E-state index in [1.54, 1.807) is 30.5 Å². The first-order valence-electron chi connectivity index (χ1n) is 6.38. The van der Waals surface area contributed by atoms with Gasteiger partial charge in [-0.2, -0.15) is 5.26 Å². The summed E-state index contributed by atoms with van der Waals surface area (Å²) in [7, 11) is 5.78. The smallest absolute Gasteiger partial charge is 0.113 e. The molecule has 98 valence electrons. The molecule has 0 fully saturated rings. The van der Waals surface area contributed by atoms with Crippen LogP contribution in [0.1, 0.15) is 5.56 Å². The van der Waals surface area contributed by atoms with Gasteiger partial charge in [0.1, 0.15) is 13.9 Å². The zero-order valence-electron chi connectivity index (χ0n) is 11.2. The monoisotopic (exact) mass is 270 g/mol. The number of nitrogens with one attached hydrogen (secondary N) is 1. The van der Waals surface area contributed by atoms with E-state index in [4.69, 9.17) is 13.6 Å². The number of nitrogens with two attached hydrogens (primary N) is 1. The first-order valence-corrected chi connectivity index (χ1v) is 6.38. The molecule has 0 spiro atoms. The maximum absolute atomic E-state index is 9.29. The number of anilines is 3. The number of hydrogen-bond acceptors (Lipinski definition) is 4. The second-order valence-electron chi connectivity index (χ2n) is 4.69. The van der Waals surface area contributed by atoms with Gasteiger partial charge in [0.15, 0.2) is 0 Å². The van der Waals surface area contributed by atoms with Gasteiger partial charge >= 0.3 is 0 Å². The van der Waals surface area contributed by atoms with Crippen molar-refractivity contribution in [3.05, 3.63) is 54.2 Å². The molecule has 0 amide bonds. The molecule has 5 heteroatoms. The van der Waals surface area contributed by atoms with Crippen LogP contribution in [0.15, 0.2) is 48.7 Å². The van der Waals surface area contributed by atoms with Gasteiger partial charge in [0.25, 0.3) is 0 Å². The van der Waals surface area contributed by atoms with Gasteiger partial charge in [0.05, 0.1) is 16.8 Å². The van der Waals surface area contributed by atoms with Crippen LogP contribution in [0, 0.1) is 11.3 Å². The number of nitrogens with zero attached hydrogens (tertiary/aromatic N) is 2. The number of fused-ring (bicyclic) bond motifs is 1. The molecule has 3 aromatic rings. The van der Waals surface area contributed by atoms with Gasteiger partial charge in [-0.05, 0) is 30.3 Å². The molecule has 0 saturated heterocycles. The third-order valence-electron chi connectivity index (χ3n) is 3.17. The minimum Gasteiger partial charge on any atom is -0.399 e. The van der Waals surface area contributed by atoms with Crippen LogP contribution in [-0.2, 0) is 0 Å². The summed E-state index contributed by atoms with van der Waals surface area (Å²) in [6, 6.07) is 14.9. The van der Waals surface area contributed by atoms with Crippen LogP contribution in [0.3, 0.4) is 0 Å². The molecule has 0 unspecified atom stereocenters. The van der Waals surface area contributed by atoms with Crippen molar-refractivity contribution in [2.24, 2.45) is 0 Å². The number of pyridine rings is 1. The Morgan fingerprint density at radius 2 is 2.05 bits per heavy atom. The highest BCUT2D eigenvalue weighted by molar-refractivity contribution is 6.32. The van der Waals surface area contributed by atoms with Crippen molar-refractivity contribution in [1.29, 1.82) is 5.26 Å². The lowest BCUT2D eigenvalue weighted by Crippen LogP contribution is -2.03. The summed E-state index contributed by atoms with van der Waals surface area (Å²) in [5.41, 5.74) is 9.83. The van der Waals surface area contributed by atoms with Crippen molar-refractivity contribution < 1.29 is 0 Å². The molecular formula is C16H11BN4. The van der Waals surface area contributed by atoms with Gasteiger partial charge in [-0.3, -0.25) is 4.98 Å². The Morgan fingerprint density at radius 1 is 1.19 bits per heavy atom. The summed E-state index contributed by atoms with van der Waals surface area (Å²) in [5, 5.41) is 13.3. The number of benzene rings is 2. The zero-order valence-corrected chi connectivity index (χ0v) is 11.2. The lowest BCUT2D eigenvalue weighted by atomic mass is 9.96. The standard InChI is InChI=1S/C16H11BN4/c17-11-2-1-3-13(6-11)21-16-10(8-18)9-20-15-5-4-12(19)7-14(15)16/h1-7,9H,19H2,(H,20,21). The molecule has 0 atom stereocenters. The normalized spacial score (nSPS) is 10.2. The second-order valence-corrected chi connectivity index (χ2v) is 4.69. The zero-order chi connectivity index (χ0) is 14.8. The third kappa shape index (κ3) is 2.52. The number of hydrogen-bond donors (Lipinski definition) is 2. The van der Waals surface area contributed by atoms with Crippen molar-refractivity contribution in [2.75, 3.05) is 11.1 Å². The fourth-order valence-corrected chi connectivity index (χ4v) is 2.19. The number of nitrogen functional groups attached to an aromatic ring is 1.